The maximum absolute atomic E-state index is 12.9. The van der Waals surface area contributed by atoms with E-state index in [1.807, 2.05) is 6.92 Å². The molecule has 0 bridgehead atoms. The van der Waals surface area contributed by atoms with Crippen molar-refractivity contribution in [3.05, 3.63) is 65.2 Å². The Balaban J connectivity index is 1.68. The highest BCUT2D eigenvalue weighted by Gasteiger charge is 2.39. The molecular formula is C20H21F3N2O3S. The van der Waals surface area contributed by atoms with Crippen molar-refractivity contribution in [3.63, 3.8) is 0 Å². The summed E-state index contributed by atoms with van der Waals surface area (Å²) in [5, 5.41) is 2.64. The topological polar surface area (TPSA) is 66.5 Å². The molecule has 9 heteroatoms. The van der Waals surface area contributed by atoms with Crippen LogP contribution in [0, 0.1) is 6.92 Å². The molecule has 1 saturated heterocycles. The molecule has 2 aromatic carbocycles. The molecule has 2 aromatic rings. The summed E-state index contributed by atoms with van der Waals surface area (Å²) >= 11 is 0. The number of carbonyl (C=O) groups excluding carboxylic acids is 1. The van der Waals surface area contributed by atoms with Crippen LogP contribution < -0.4 is 5.32 Å². The monoisotopic (exact) mass is 426 g/mol. The van der Waals surface area contributed by atoms with Crippen molar-refractivity contribution in [1.82, 2.24) is 9.62 Å². The number of amides is 1. The second-order valence-electron chi connectivity index (χ2n) is 7.00. The van der Waals surface area contributed by atoms with Crippen molar-refractivity contribution >= 4 is 15.9 Å². The van der Waals surface area contributed by atoms with Gasteiger partial charge in [-0.1, -0.05) is 29.8 Å². The first-order chi connectivity index (χ1) is 13.6. The number of hydrogen-bond acceptors (Lipinski definition) is 3. The van der Waals surface area contributed by atoms with E-state index in [1.54, 1.807) is 12.1 Å². The first-order valence-electron chi connectivity index (χ1n) is 9.11. The van der Waals surface area contributed by atoms with E-state index in [2.05, 4.69) is 5.32 Å². The van der Waals surface area contributed by atoms with Gasteiger partial charge >= 0.3 is 6.18 Å². The zero-order chi connectivity index (χ0) is 21.2. The summed E-state index contributed by atoms with van der Waals surface area (Å²) in [6.45, 7) is 2.12. The molecule has 0 aliphatic carbocycles. The van der Waals surface area contributed by atoms with E-state index in [9.17, 15) is 26.4 Å². The first-order valence-corrected chi connectivity index (χ1v) is 10.6. The number of nitrogens with zero attached hydrogens (tertiary/aromatic N) is 1. The van der Waals surface area contributed by atoms with Crippen molar-refractivity contribution in [2.24, 2.45) is 0 Å². The lowest BCUT2D eigenvalue weighted by molar-refractivity contribution is -0.137. The van der Waals surface area contributed by atoms with Crippen molar-refractivity contribution in [1.29, 1.82) is 0 Å². The minimum atomic E-state index is -4.42. The fourth-order valence-corrected chi connectivity index (χ4v) is 4.91. The normalized spacial score (nSPS) is 18.0. The van der Waals surface area contributed by atoms with Crippen molar-refractivity contribution in [2.45, 2.75) is 43.4 Å². The van der Waals surface area contributed by atoms with Gasteiger partial charge in [-0.15, -0.1) is 0 Å². The Morgan fingerprint density at radius 3 is 2.31 bits per heavy atom. The summed E-state index contributed by atoms with van der Waals surface area (Å²) in [7, 11) is -3.81. The van der Waals surface area contributed by atoms with Crippen LogP contribution in [0.1, 0.15) is 29.5 Å². The average Bonchev–Trinajstić information content (AvgIpc) is 3.17. The quantitative estimate of drug-likeness (QED) is 0.796. The Bertz CT molecular complexity index is 972. The summed E-state index contributed by atoms with van der Waals surface area (Å²) in [5.41, 5.74) is 0.659. The second kappa shape index (κ2) is 8.16. The molecule has 0 spiro atoms. The third kappa shape index (κ3) is 4.79. The average molecular weight is 426 g/mol. The first kappa shape index (κ1) is 21.3. The van der Waals surface area contributed by atoms with Gasteiger partial charge in [-0.2, -0.15) is 17.5 Å². The van der Waals surface area contributed by atoms with E-state index in [1.165, 1.54) is 28.6 Å². The summed E-state index contributed by atoms with van der Waals surface area (Å²) in [4.78, 5) is 12.7. The SMILES string of the molecule is Cc1ccc(S(=O)(=O)N2CCC[C@H]2C(=O)NCc2ccc(C(F)(F)F)cc2)cc1. The van der Waals surface area contributed by atoms with Crippen LogP contribution in [0.4, 0.5) is 13.2 Å². The third-order valence-corrected chi connectivity index (χ3v) is 6.80. The molecule has 0 aromatic heterocycles. The van der Waals surface area contributed by atoms with Crippen LogP contribution in [-0.4, -0.2) is 31.2 Å². The molecular weight excluding hydrogens is 405 g/mol. The fourth-order valence-electron chi connectivity index (χ4n) is 3.25. The standard InChI is InChI=1S/C20H21F3N2O3S/c1-14-4-10-17(11-5-14)29(27,28)25-12-2-3-18(25)19(26)24-13-15-6-8-16(9-7-15)20(21,22)23/h4-11,18H,2-3,12-13H2,1H3,(H,24,26)/t18-/m0/s1. The molecule has 1 amide bonds. The van der Waals surface area contributed by atoms with Crippen molar-refractivity contribution in [3.8, 4) is 0 Å². The molecule has 29 heavy (non-hydrogen) atoms. The van der Waals surface area contributed by atoms with Crippen molar-refractivity contribution in [2.75, 3.05) is 6.54 Å². The molecule has 1 aliphatic rings. The van der Waals surface area contributed by atoms with Crippen LogP contribution in [0.2, 0.25) is 0 Å². The van der Waals surface area contributed by atoms with Gasteiger partial charge in [0.05, 0.1) is 10.5 Å². The molecule has 1 fully saturated rings. The van der Waals surface area contributed by atoms with Crippen LogP contribution in [0.3, 0.4) is 0 Å². The number of benzene rings is 2. The van der Waals surface area contributed by atoms with Crippen LogP contribution in [0.15, 0.2) is 53.4 Å². The minimum absolute atomic E-state index is 0.0197. The van der Waals surface area contributed by atoms with Gasteiger partial charge in [0.15, 0.2) is 0 Å². The second-order valence-corrected chi connectivity index (χ2v) is 8.89. The van der Waals surface area contributed by atoms with Gasteiger partial charge < -0.3 is 5.32 Å². The summed E-state index contributed by atoms with van der Waals surface area (Å²) in [6, 6.07) is 10.1. The van der Waals surface area contributed by atoms with Crippen LogP contribution in [0.5, 0.6) is 0 Å². The molecule has 5 nitrogen and oxygen atoms in total. The smallest absolute Gasteiger partial charge is 0.351 e. The maximum atomic E-state index is 12.9. The number of aryl methyl sites for hydroxylation is 1. The molecule has 0 saturated carbocycles. The number of hydrogen-bond donors (Lipinski definition) is 1. The Morgan fingerprint density at radius 1 is 1.10 bits per heavy atom. The lowest BCUT2D eigenvalue weighted by Crippen LogP contribution is -2.45. The number of carbonyl (C=O) groups is 1. The molecule has 1 aliphatic heterocycles. The molecule has 0 unspecified atom stereocenters. The van der Waals surface area contributed by atoms with Gasteiger partial charge in [0.1, 0.15) is 6.04 Å². The Morgan fingerprint density at radius 2 is 1.72 bits per heavy atom. The lowest BCUT2D eigenvalue weighted by atomic mass is 10.1. The van der Waals surface area contributed by atoms with Gasteiger partial charge in [0, 0.05) is 13.1 Å². The zero-order valence-corrected chi connectivity index (χ0v) is 16.6. The molecule has 3 rings (SSSR count). The number of nitrogens with one attached hydrogen (secondary N) is 1. The number of halogens is 3. The molecule has 1 atom stereocenters. The van der Waals surface area contributed by atoms with Gasteiger partial charge in [0.25, 0.3) is 0 Å². The van der Waals surface area contributed by atoms with Crippen LogP contribution in [0.25, 0.3) is 0 Å². The molecule has 1 N–H and O–H groups in total. The zero-order valence-electron chi connectivity index (χ0n) is 15.7. The van der Waals surface area contributed by atoms with Gasteiger partial charge in [-0.05, 0) is 49.6 Å². The molecule has 0 radical (unpaired) electrons. The highest BCUT2D eigenvalue weighted by molar-refractivity contribution is 7.89. The van der Waals surface area contributed by atoms with Crippen LogP contribution in [-0.2, 0) is 27.5 Å². The van der Waals surface area contributed by atoms with E-state index in [-0.39, 0.29) is 18.0 Å². The van der Waals surface area contributed by atoms with Gasteiger partial charge in [0.2, 0.25) is 15.9 Å². The van der Waals surface area contributed by atoms with E-state index in [0.29, 0.717) is 18.4 Å². The predicted molar refractivity (Wildman–Crippen MR) is 101 cm³/mol. The largest absolute Gasteiger partial charge is 0.416 e. The molecule has 1 heterocycles. The van der Waals surface area contributed by atoms with Gasteiger partial charge in [-0.3, -0.25) is 4.79 Å². The number of rotatable bonds is 5. The summed E-state index contributed by atoms with van der Waals surface area (Å²) < 4.78 is 64.9. The summed E-state index contributed by atoms with van der Waals surface area (Å²) in [5.74, 6) is -0.460. The number of sulfonamides is 1. The van der Waals surface area contributed by atoms with E-state index in [4.69, 9.17) is 0 Å². The number of alkyl halides is 3. The van der Waals surface area contributed by atoms with Gasteiger partial charge in [-0.25, -0.2) is 8.42 Å². The van der Waals surface area contributed by atoms with E-state index < -0.39 is 33.7 Å². The third-order valence-electron chi connectivity index (χ3n) is 4.88. The summed E-state index contributed by atoms with van der Waals surface area (Å²) in [6.07, 6.45) is -3.47. The molecule has 156 valence electrons. The predicted octanol–water partition coefficient (Wildman–Crippen LogP) is 3.48. The Labute approximate surface area is 167 Å². The fraction of sp³-hybridized carbons (Fsp3) is 0.350. The van der Waals surface area contributed by atoms with Crippen LogP contribution >= 0.6 is 0 Å². The highest BCUT2D eigenvalue weighted by atomic mass is 32.2. The maximum Gasteiger partial charge on any atom is 0.416 e. The lowest BCUT2D eigenvalue weighted by Gasteiger charge is -2.23. The Kier molecular flexibility index (Phi) is 6.00. The Hall–Kier alpha value is -2.39. The van der Waals surface area contributed by atoms with E-state index in [0.717, 1.165) is 17.7 Å². The highest BCUT2D eigenvalue weighted by Crippen LogP contribution is 2.29. The minimum Gasteiger partial charge on any atom is -0.351 e. The van der Waals surface area contributed by atoms with E-state index >= 15 is 0 Å². The van der Waals surface area contributed by atoms with Crippen molar-refractivity contribution < 1.29 is 26.4 Å².